The lowest BCUT2D eigenvalue weighted by Gasteiger charge is -2.28. The minimum atomic E-state index is -0.548. The van der Waals surface area contributed by atoms with Gasteiger partial charge < -0.3 is 0 Å². The van der Waals surface area contributed by atoms with E-state index in [0.29, 0.717) is 16.3 Å². The van der Waals surface area contributed by atoms with Gasteiger partial charge in [0.25, 0.3) is 11.8 Å². The lowest BCUT2D eigenvalue weighted by molar-refractivity contribution is -0.122. The van der Waals surface area contributed by atoms with Crippen LogP contribution in [0.1, 0.15) is 11.1 Å². The van der Waals surface area contributed by atoms with Crippen LogP contribution in [0.3, 0.4) is 0 Å². The molecule has 6 nitrogen and oxygen atoms in total. The quantitative estimate of drug-likeness (QED) is 0.397. The highest BCUT2D eigenvalue weighted by atomic mass is 35.5. The van der Waals surface area contributed by atoms with Crippen LogP contribution >= 0.6 is 23.8 Å². The average molecular weight is 423 g/mol. The Labute approximate surface area is 177 Å². The number of rotatable bonds is 3. The number of carbonyl (C=O) groups is 2. The molecule has 1 saturated heterocycles. The Morgan fingerprint density at radius 3 is 2.38 bits per heavy atom. The Bertz CT molecular complexity index is 1150. The zero-order valence-electron chi connectivity index (χ0n) is 15.3. The predicted molar refractivity (Wildman–Crippen MR) is 116 cm³/mol. The molecular weight excluding hydrogens is 408 g/mol. The summed E-state index contributed by atoms with van der Waals surface area (Å²) in [6.45, 7) is 2.01. The molecule has 2 amide bonds. The van der Waals surface area contributed by atoms with E-state index < -0.39 is 11.8 Å². The summed E-state index contributed by atoms with van der Waals surface area (Å²) < 4.78 is 1.68. The smallest absolute Gasteiger partial charge is 0.270 e. The van der Waals surface area contributed by atoms with E-state index in [1.807, 2.05) is 31.2 Å². The zero-order chi connectivity index (χ0) is 20.5. The van der Waals surface area contributed by atoms with Gasteiger partial charge in [0.05, 0.1) is 17.6 Å². The second-order valence-electron chi connectivity index (χ2n) is 6.49. The van der Waals surface area contributed by atoms with Crippen molar-refractivity contribution in [3.05, 3.63) is 82.6 Å². The number of halogens is 1. The third-order valence-electron chi connectivity index (χ3n) is 4.40. The van der Waals surface area contributed by atoms with E-state index in [9.17, 15) is 9.59 Å². The van der Waals surface area contributed by atoms with Crippen molar-refractivity contribution >= 4 is 52.5 Å². The maximum absolute atomic E-state index is 13.0. The van der Waals surface area contributed by atoms with Gasteiger partial charge in [-0.25, -0.2) is 4.68 Å². The average Bonchev–Trinajstić information content (AvgIpc) is 3.16. The molecule has 0 unspecified atom stereocenters. The van der Waals surface area contributed by atoms with Crippen molar-refractivity contribution in [1.82, 2.24) is 15.1 Å². The van der Waals surface area contributed by atoms with Crippen LogP contribution in [0.15, 0.2) is 66.5 Å². The van der Waals surface area contributed by atoms with E-state index in [1.165, 1.54) is 11.0 Å². The number of thiocarbonyl (C=S) groups is 1. The molecule has 0 aliphatic carbocycles. The highest BCUT2D eigenvalue weighted by Gasteiger charge is 2.34. The van der Waals surface area contributed by atoms with E-state index in [2.05, 4.69) is 10.4 Å². The summed E-state index contributed by atoms with van der Waals surface area (Å²) >= 11 is 11.1. The molecule has 8 heteroatoms. The van der Waals surface area contributed by atoms with Crippen LogP contribution in [-0.4, -0.2) is 26.7 Å². The number of carbonyl (C=O) groups excluding carboxylic acids is 2. The molecule has 2 heterocycles. The summed E-state index contributed by atoms with van der Waals surface area (Å²) in [5.41, 5.74) is 3.13. The van der Waals surface area contributed by atoms with Crippen LogP contribution in [0.2, 0.25) is 5.02 Å². The third kappa shape index (κ3) is 3.83. The molecule has 1 aromatic heterocycles. The van der Waals surface area contributed by atoms with Gasteiger partial charge in [0.15, 0.2) is 5.11 Å². The second kappa shape index (κ2) is 7.62. The Morgan fingerprint density at radius 2 is 1.69 bits per heavy atom. The normalized spacial score (nSPS) is 15.7. The molecule has 144 valence electrons. The molecule has 0 atom stereocenters. The number of benzene rings is 2. The molecular formula is C21H15ClN4O2S. The molecule has 1 aliphatic rings. The van der Waals surface area contributed by atoms with Gasteiger partial charge >= 0.3 is 0 Å². The molecule has 4 rings (SSSR count). The first-order valence-corrected chi connectivity index (χ1v) is 9.50. The summed E-state index contributed by atoms with van der Waals surface area (Å²) in [5, 5.41) is 7.42. The fourth-order valence-corrected chi connectivity index (χ4v) is 3.31. The van der Waals surface area contributed by atoms with Gasteiger partial charge in [0, 0.05) is 16.8 Å². The molecule has 0 bridgehead atoms. The third-order valence-corrected chi connectivity index (χ3v) is 4.94. The maximum Gasteiger partial charge on any atom is 0.270 e. The number of hydrogen-bond acceptors (Lipinski definition) is 4. The first-order chi connectivity index (χ1) is 13.9. The molecule has 1 aliphatic heterocycles. The predicted octanol–water partition coefficient (Wildman–Crippen LogP) is 3.67. The Morgan fingerprint density at radius 1 is 1.03 bits per heavy atom. The van der Waals surface area contributed by atoms with Crippen molar-refractivity contribution in [2.24, 2.45) is 0 Å². The second-order valence-corrected chi connectivity index (χ2v) is 7.31. The minimum absolute atomic E-state index is 0.0230. The van der Waals surface area contributed by atoms with Crippen LogP contribution < -0.4 is 10.2 Å². The largest absolute Gasteiger partial charge is 0.298 e. The van der Waals surface area contributed by atoms with E-state index in [-0.39, 0.29) is 10.7 Å². The molecule has 29 heavy (non-hydrogen) atoms. The molecule has 0 spiro atoms. The molecule has 0 radical (unpaired) electrons. The number of hydrogen-bond donors (Lipinski definition) is 1. The van der Waals surface area contributed by atoms with Gasteiger partial charge in [0.2, 0.25) is 0 Å². The highest BCUT2D eigenvalue weighted by molar-refractivity contribution is 7.80. The van der Waals surface area contributed by atoms with Gasteiger partial charge in [0.1, 0.15) is 5.57 Å². The lowest BCUT2D eigenvalue weighted by atomic mass is 10.1. The van der Waals surface area contributed by atoms with Crippen molar-refractivity contribution in [2.75, 3.05) is 4.90 Å². The highest BCUT2D eigenvalue weighted by Crippen LogP contribution is 2.23. The first kappa shape index (κ1) is 19.0. The van der Waals surface area contributed by atoms with Crippen molar-refractivity contribution < 1.29 is 9.59 Å². The summed E-state index contributed by atoms with van der Waals surface area (Å²) in [6, 6.07) is 14.5. The van der Waals surface area contributed by atoms with E-state index in [1.54, 1.807) is 41.3 Å². The van der Waals surface area contributed by atoms with E-state index in [0.717, 1.165) is 11.3 Å². The van der Waals surface area contributed by atoms with Crippen LogP contribution in [0.5, 0.6) is 0 Å². The Hall–Kier alpha value is -3.29. The zero-order valence-corrected chi connectivity index (χ0v) is 16.9. The molecule has 2 aromatic carbocycles. The molecule has 1 fully saturated rings. The van der Waals surface area contributed by atoms with Gasteiger partial charge in [-0.05, 0) is 61.6 Å². The minimum Gasteiger partial charge on any atom is -0.298 e. The van der Waals surface area contributed by atoms with Gasteiger partial charge in [-0.2, -0.15) is 5.10 Å². The fraction of sp³-hybridized carbons (Fsp3) is 0.0476. The number of aryl methyl sites for hydroxylation is 1. The summed E-state index contributed by atoms with van der Waals surface area (Å²) in [5.74, 6) is -1.06. The monoisotopic (exact) mass is 422 g/mol. The fourth-order valence-electron chi connectivity index (χ4n) is 2.90. The van der Waals surface area contributed by atoms with Crippen LogP contribution in [0.4, 0.5) is 5.69 Å². The van der Waals surface area contributed by atoms with Gasteiger partial charge in [-0.15, -0.1) is 0 Å². The number of nitrogens with zero attached hydrogens (tertiary/aromatic N) is 3. The SMILES string of the molecule is Cc1ccc(-n2cc(/C=C3\C(=O)NC(=S)N(c4ccc(Cl)cc4)C3=O)cn2)cc1. The van der Waals surface area contributed by atoms with E-state index >= 15 is 0 Å². The Kier molecular flexibility index (Phi) is 5.00. The van der Waals surface area contributed by atoms with Crippen molar-refractivity contribution in [3.8, 4) is 5.69 Å². The first-order valence-electron chi connectivity index (χ1n) is 8.71. The number of anilines is 1. The van der Waals surface area contributed by atoms with Crippen LogP contribution in [0.25, 0.3) is 11.8 Å². The standard InChI is InChI=1S/C21H15ClN4O2S/c1-13-2-6-16(7-3-13)25-12-14(11-23-25)10-18-19(27)24-21(29)26(20(18)28)17-8-4-15(22)5-9-17/h2-12H,1H3,(H,24,27,29)/b18-10+. The summed E-state index contributed by atoms with van der Waals surface area (Å²) in [7, 11) is 0. The van der Waals surface area contributed by atoms with Crippen molar-refractivity contribution in [2.45, 2.75) is 6.92 Å². The maximum atomic E-state index is 13.0. The molecule has 1 N–H and O–H groups in total. The summed E-state index contributed by atoms with van der Waals surface area (Å²) in [6.07, 6.45) is 4.84. The summed E-state index contributed by atoms with van der Waals surface area (Å²) in [4.78, 5) is 26.7. The number of nitrogens with one attached hydrogen (secondary N) is 1. The van der Waals surface area contributed by atoms with E-state index in [4.69, 9.17) is 23.8 Å². The van der Waals surface area contributed by atoms with Gasteiger partial charge in [-0.3, -0.25) is 19.8 Å². The van der Waals surface area contributed by atoms with Crippen molar-refractivity contribution in [3.63, 3.8) is 0 Å². The lowest BCUT2D eigenvalue weighted by Crippen LogP contribution is -2.54. The topological polar surface area (TPSA) is 67.2 Å². The number of aromatic nitrogens is 2. The molecule has 3 aromatic rings. The van der Waals surface area contributed by atoms with Gasteiger partial charge in [-0.1, -0.05) is 29.3 Å². The number of amides is 2. The Balaban J connectivity index is 1.66. The molecule has 0 saturated carbocycles. The van der Waals surface area contributed by atoms with Crippen LogP contribution in [0, 0.1) is 6.92 Å². The van der Waals surface area contributed by atoms with Crippen LogP contribution in [-0.2, 0) is 9.59 Å². The van der Waals surface area contributed by atoms with Crippen molar-refractivity contribution in [1.29, 1.82) is 0 Å².